The minimum Gasteiger partial charge on any atom is -0.454 e. The summed E-state index contributed by atoms with van der Waals surface area (Å²) in [4.78, 5) is 25.3. The van der Waals surface area contributed by atoms with E-state index >= 15 is 0 Å². The van der Waals surface area contributed by atoms with Gasteiger partial charge in [0.25, 0.3) is 11.4 Å². The molecular weight excluding hydrogens is 326 g/mol. The average Bonchev–Trinajstić information content (AvgIpc) is 2.79. The summed E-state index contributed by atoms with van der Waals surface area (Å²) in [6.07, 6.45) is 1.31. The van der Waals surface area contributed by atoms with Crippen LogP contribution in [0.5, 0.6) is 11.5 Å². The Kier molecular flexibility index (Phi) is 3.17. The minimum absolute atomic E-state index is 0.0266. The zero-order chi connectivity index (χ0) is 17.6. The quantitative estimate of drug-likeness (QED) is 0.395. The molecule has 0 saturated heterocycles. The van der Waals surface area contributed by atoms with Gasteiger partial charge in [-0.15, -0.1) is 0 Å². The summed E-state index contributed by atoms with van der Waals surface area (Å²) in [5.74, 6) is 0.405. The van der Waals surface area contributed by atoms with Crippen LogP contribution < -0.4 is 4.74 Å². The van der Waals surface area contributed by atoms with Gasteiger partial charge in [-0.25, -0.2) is 0 Å². The summed E-state index contributed by atoms with van der Waals surface area (Å²) in [7, 11) is 0. The van der Waals surface area contributed by atoms with E-state index in [2.05, 4.69) is 4.99 Å². The van der Waals surface area contributed by atoms with Gasteiger partial charge in [-0.2, -0.15) is 0 Å². The molecule has 4 rings (SSSR count). The van der Waals surface area contributed by atoms with Gasteiger partial charge in [0.15, 0.2) is 5.75 Å². The summed E-state index contributed by atoms with van der Waals surface area (Å²) in [5, 5.41) is 24.1. The molecule has 0 fully saturated rings. The largest absolute Gasteiger partial charge is 0.454 e. The maximum Gasteiger partial charge on any atom is 0.288 e. The van der Waals surface area contributed by atoms with Crippen LogP contribution in [0.15, 0.2) is 53.5 Å². The van der Waals surface area contributed by atoms with Gasteiger partial charge in [-0.1, -0.05) is 30.3 Å². The van der Waals surface area contributed by atoms with E-state index < -0.39 is 21.2 Å². The fourth-order valence-corrected chi connectivity index (χ4v) is 2.77. The molecule has 25 heavy (non-hydrogen) atoms. The van der Waals surface area contributed by atoms with E-state index in [1.165, 1.54) is 12.3 Å². The van der Waals surface area contributed by atoms with Crippen molar-refractivity contribution in [3.8, 4) is 11.5 Å². The Morgan fingerprint density at radius 2 is 1.72 bits per heavy atom. The van der Waals surface area contributed by atoms with Gasteiger partial charge in [-0.3, -0.25) is 25.2 Å². The summed E-state index contributed by atoms with van der Waals surface area (Å²) in [5.41, 5.74) is -0.227. The van der Waals surface area contributed by atoms with E-state index in [0.717, 1.165) is 16.8 Å². The van der Waals surface area contributed by atoms with Crippen molar-refractivity contribution >= 4 is 34.0 Å². The van der Waals surface area contributed by atoms with Crippen LogP contribution in [-0.2, 0) is 0 Å². The highest BCUT2D eigenvalue weighted by molar-refractivity contribution is 6.01. The van der Waals surface area contributed by atoms with Crippen molar-refractivity contribution in [1.29, 1.82) is 0 Å². The van der Waals surface area contributed by atoms with Gasteiger partial charge in [0.05, 0.1) is 22.0 Å². The van der Waals surface area contributed by atoms with Gasteiger partial charge >= 0.3 is 0 Å². The molecule has 8 heteroatoms. The number of non-ortho nitro benzene ring substituents is 1. The Labute approximate surface area is 140 Å². The molecule has 0 bridgehead atoms. The van der Waals surface area contributed by atoms with E-state index in [9.17, 15) is 20.2 Å². The molecule has 0 spiro atoms. The first-order chi connectivity index (χ1) is 12.0. The summed E-state index contributed by atoms with van der Waals surface area (Å²) in [6.45, 7) is 0. The lowest BCUT2D eigenvalue weighted by atomic mass is 10.1. The highest BCUT2D eigenvalue weighted by atomic mass is 16.6. The average molecular weight is 335 g/mol. The van der Waals surface area contributed by atoms with Crippen molar-refractivity contribution in [1.82, 2.24) is 0 Å². The predicted molar refractivity (Wildman–Crippen MR) is 91.0 cm³/mol. The number of nitro benzene ring substituents is 2. The second kappa shape index (κ2) is 5.38. The lowest BCUT2D eigenvalue weighted by Crippen LogP contribution is -1.99. The number of hydrogen-bond acceptors (Lipinski definition) is 6. The summed E-state index contributed by atoms with van der Waals surface area (Å²) >= 11 is 0. The van der Waals surface area contributed by atoms with Crippen molar-refractivity contribution in [3.63, 3.8) is 0 Å². The van der Waals surface area contributed by atoms with Crippen LogP contribution in [0.25, 0.3) is 10.8 Å². The van der Waals surface area contributed by atoms with E-state index in [4.69, 9.17) is 4.74 Å². The third kappa shape index (κ3) is 2.36. The number of nitro groups is 2. The van der Waals surface area contributed by atoms with Crippen molar-refractivity contribution in [2.24, 2.45) is 4.99 Å². The second-order valence-corrected chi connectivity index (χ2v) is 5.38. The monoisotopic (exact) mass is 335 g/mol. The SMILES string of the molecule is O=[N+]([O-])c1cc2c(c([N+](=O)[O-])c1)C=Nc1c(ccc3ccccc13)O2. The van der Waals surface area contributed by atoms with Gasteiger partial charge < -0.3 is 4.74 Å². The number of ether oxygens (including phenoxy) is 1. The second-order valence-electron chi connectivity index (χ2n) is 5.38. The molecule has 3 aromatic rings. The highest BCUT2D eigenvalue weighted by Gasteiger charge is 2.26. The normalized spacial score (nSPS) is 12.0. The molecule has 8 nitrogen and oxygen atoms in total. The number of rotatable bonds is 2. The van der Waals surface area contributed by atoms with Crippen LogP contribution in [0.3, 0.4) is 0 Å². The molecule has 0 amide bonds. The van der Waals surface area contributed by atoms with Crippen molar-refractivity contribution in [2.75, 3.05) is 0 Å². The molecule has 3 aromatic carbocycles. The molecule has 0 radical (unpaired) electrons. The number of hydrogen-bond donors (Lipinski definition) is 0. The Hall–Kier alpha value is -3.81. The van der Waals surface area contributed by atoms with Crippen LogP contribution in [0.1, 0.15) is 5.56 Å². The van der Waals surface area contributed by atoms with Gasteiger partial charge in [0.1, 0.15) is 17.0 Å². The smallest absolute Gasteiger partial charge is 0.288 e. The molecule has 1 heterocycles. The molecule has 0 aromatic heterocycles. The summed E-state index contributed by atoms with van der Waals surface area (Å²) in [6, 6.07) is 13.1. The van der Waals surface area contributed by atoms with Crippen LogP contribution >= 0.6 is 0 Å². The zero-order valence-electron chi connectivity index (χ0n) is 12.6. The highest BCUT2D eigenvalue weighted by Crippen LogP contribution is 2.43. The number of aliphatic imine (C=N–C) groups is 1. The van der Waals surface area contributed by atoms with E-state index in [-0.39, 0.29) is 11.3 Å². The molecule has 0 saturated carbocycles. The van der Waals surface area contributed by atoms with E-state index in [0.29, 0.717) is 11.4 Å². The van der Waals surface area contributed by atoms with Crippen molar-refractivity contribution in [3.05, 3.63) is 74.3 Å². The lowest BCUT2D eigenvalue weighted by Gasteiger charge is -2.09. The Bertz CT molecular complexity index is 1090. The Balaban J connectivity index is 1.99. The molecule has 0 aliphatic carbocycles. The van der Waals surface area contributed by atoms with E-state index in [1.54, 1.807) is 6.07 Å². The maximum absolute atomic E-state index is 11.3. The summed E-state index contributed by atoms with van der Waals surface area (Å²) < 4.78 is 5.76. The fourth-order valence-electron chi connectivity index (χ4n) is 2.77. The third-order valence-electron chi connectivity index (χ3n) is 3.92. The maximum atomic E-state index is 11.3. The molecule has 1 aliphatic rings. The molecule has 0 atom stereocenters. The lowest BCUT2D eigenvalue weighted by molar-refractivity contribution is -0.394. The molecule has 122 valence electrons. The Morgan fingerprint density at radius 3 is 2.48 bits per heavy atom. The van der Waals surface area contributed by atoms with Gasteiger partial charge in [-0.05, 0) is 11.5 Å². The number of fused-ring (bicyclic) bond motifs is 4. The zero-order valence-corrected chi connectivity index (χ0v) is 12.6. The van der Waals surface area contributed by atoms with Crippen LogP contribution in [0, 0.1) is 20.2 Å². The third-order valence-corrected chi connectivity index (χ3v) is 3.92. The molecule has 1 aliphatic heterocycles. The van der Waals surface area contributed by atoms with E-state index in [1.807, 2.05) is 30.3 Å². The van der Waals surface area contributed by atoms with Crippen molar-refractivity contribution in [2.45, 2.75) is 0 Å². The number of benzene rings is 3. The Morgan fingerprint density at radius 1 is 0.920 bits per heavy atom. The van der Waals surface area contributed by atoms with Gasteiger partial charge in [0, 0.05) is 11.6 Å². The molecule has 0 unspecified atom stereocenters. The number of nitrogens with zero attached hydrogens (tertiary/aromatic N) is 3. The molecular formula is C17H9N3O5. The molecule has 0 N–H and O–H groups in total. The first-order valence-corrected chi connectivity index (χ1v) is 7.25. The topological polar surface area (TPSA) is 108 Å². The first kappa shape index (κ1) is 14.8. The van der Waals surface area contributed by atoms with Crippen LogP contribution in [0.2, 0.25) is 0 Å². The van der Waals surface area contributed by atoms with Crippen molar-refractivity contribution < 1.29 is 14.6 Å². The fraction of sp³-hybridized carbons (Fsp3) is 0. The minimum atomic E-state index is -0.694. The standard InChI is InChI=1S/C17H9N3O5/c21-19(22)11-7-14(20(23)24)13-9-18-17-12-4-2-1-3-10(12)5-6-15(17)25-16(13)8-11/h1-9H. The van der Waals surface area contributed by atoms with Gasteiger partial charge in [0.2, 0.25) is 0 Å². The first-order valence-electron chi connectivity index (χ1n) is 7.25. The van der Waals surface area contributed by atoms with Crippen LogP contribution in [0.4, 0.5) is 17.1 Å². The predicted octanol–water partition coefficient (Wildman–Crippen LogP) is 4.51. The van der Waals surface area contributed by atoms with Crippen LogP contribution in [-0.4, -0.2) is 16.1 Å².